The van der Waals surface area contributed by atoms with Gasteiger partial charge in [0.15, 0.2) is 9.82 Å². The molecule has 2 aromatic rings. The van der Waals surface area contributed by atoms with E-state index >= 15 is 0 Å². The zero-order valence-corrected chi connectivity index (χ0v) is 13.0. The first-order chi connectivity index (χ1) is 8.61. The van der Waals surface area contributed by atoms with Gasteiger partial charge < -0.3 is 4.74 Å². The number of nitrogens with zero attached hydrogens (tertiary/aromatic N) is 2. The number of methoxy groups -OCH3 is 1. The first-order valence-corrected chi connectivity index (χ1v) is 7.93. The van der Waals surface area contributed by atoms with Gasteiger partial charge in [-0.1, -0.05) is 27.5 Å². The van der Waals surface area contributed by atoms with Crippen LogP contribution in [0.15, 0.2) is 27.7 Å². The number of carbonyl (C=O) groups excluding carboxylic acids is 1. The molecule has 0 saturated carbocycles. The molecule has 0 N–H and O–H groups in total. The van der Waals surface area contributed by atoms with Crippen LogP contribution >= 0.6 is 48.4 Å². The fourth-order valence-electron chi connectivity index (χ4n) is 1.21. The van der Waals surface area contributed by atoms with Crippen LogP contribution in [-0.2, 0) is 4.74 Å². The molecule has 18 heavy (non-hydrogen) atoms. The molecule has 0 saturated heterocycles. The maximum absolute atomic E-state index is 11.6. The van der Waals surface area contributed by atoms with E-state index in [0.717, 1.165) is 4.47 Å². The first kappa shape index (κ1) is 13.7. The van der Waals surface area contributed by atoms with E-state index in [1.807, 2.05) is 0 Å². The largest absolute Gasteiger partial charge is 0.465 e. The molecule has 0 amide bonds. The molecule has 0 aliphatic carbocycles. The lowest BCUT2D eigenvalue weighted by atomic mass is 10.2. The molecule has 0 bridgehead atoms. The monoisotopic (exact) mass is 364 g/mol. The van der Waals surface area contributed by atoms with Gasteiger partial charge in [0.1, 0.15) is 0 Å². The van der Waals surface area contributed by atoms with Crippen LogP contribution < -0.4 is 4.67 Å². The van der Waals surface area contributed by atoms with Crippen LogP contribution in [0, 0.1) is 0 Å². The molecule has 0 aliphatic rings. The van der Waals surface area contributed by atoms with Gasteiger partial charge in [0, 0.05) is 15.0 Å². The minimum atomic E-state index is -0.439. The van der Waals surface area contributed by atoms with Crippen molar-refractivity contribution in [2.24, 2.45) is 4.99 Å². The molecule has 1 aromatic carbocycles. The van der Waals surface area contributed by atoms with Crippen LogP contribution in [0.25, 0.3) is 0 Å². The smallest absolute Gasteiger partial charge is 0.340 e. The standard InChI is InChI=1S/C10H6BrClN2O2S2/c1-16-10(15)6-3-2-5(11)4-7(6)13-9-8(12)14-18-17-9/h2-4H,1H3/b13-9-. The molecule has 0 atom stereocenters. The average Bonchev–Trinajstić information content (AvgIpc) is 2.74. The van der Waals surface area contributed by atoms with Gasteiger partial charge in [-0.25, -0.2) is 9.79 Å². The lowest BCUT2D eigenvalue weighted by Gasteiger charge is -2.03. The average molecular weight is 366 g/mol. The molecule has 0 aliphatic heterocycles. The molecule has 94 valence electrons. The van der Waals surface area contributed by atoms with Crippen molar-refractivity contribution in [3.8, 4) is 0 Å². The van der Waals surface area contributed by atoms with Crippen LogP contribution in [-0.4, -0.2) is 17.5 Å². The van der Waals surface area contributed by atoms with Gasteiger partial charge in [0.05, 0.1) is 18.4 Å². The predicted octanol–water partition coefficient (Wildman–Crippen LogP) is 3.64. The topological polar surface area (TPSA) is 51.5 Å². The van der Waals surface area contributed by atoms with E-state index in [-0.39, 0.29) is 0 Å². The number of esters is 1. The highest BCUT2D eigenvalue weighted by Gasteiger charge is 2.12. The molecule has 1 heterocycles. The van der Waals surface area contributed by atoms with Gasteiger partial charge >= 0.3 is 5.97 Å². The highest BCUT2D eigenvalue weighted by molar-refractivity contribution is 9.10. The number of carbonyl (C=O) groups is 1. The number of benzene rings is 1. The van der Waals surface area contributed by atoms with Crippen LogP contribution in [0.1, 0.15) is 10.4 Å². The van der Waals surface area contributed by atoms with E-state index in [0.29, 0.717) is 21.1 Å². The number of ether oxygens (including phenoxy) is 1. The molecule has 0 radical (unpaired) electrons. The van der Waals surface area contributed by atoms with Crippen molar-refractivity contribution in [1.82, 2.24) is 4.37 Å². The SMILES string of the molecule is COC(=O)c1ccc(Br)cc1/N=c1\ssnc1Cl. The van der Waals surface area contributed by atoms with Gasteiger partial charge in [-0.15, -0.1) is 0 Å². The second-order valence-electron chi connectivity index (χ2n) is 3.11. The Morgan fingerprint density at radius 2 is 2.33 bits per heavy atom. The van der Waals surface area contributed by atoms with Crippen LogP contribution in [0.2, 0.25) is 5.15 Å². The van der Waals surface area contributed by atoms with Crippen molar-refractivity contribution in [3.63, 3.8) is 0 Å². The Balaban J connectivity index is 2.60. The summed E-state index contributed by atoms with van der Waals surface area (Å²) in [6.07, 6.45) is 0. The van der Waals surface area contributed by atoms with Crippen LogP contribution in [0.3, 0.4) is 0 Å². The summed E-state index contributed by atoms with van der Waals surface area (Å²) >= 11 is 9.22. The molecule has 2 rings (SSSR count). The van der Waals surface area contributed by atoms with Crippen molar-refractivity contribution in [3.05, 3.63) is 38.1 Å². The van der Waals surface area contributed by atoms with Gasteiger partial charge in [-0.3, -0.25) is 0 Å². The number of halogens is 2. The summed E-state index contributed by atoms with van der Waals surface area (Å²) in [6, 6.07) is 5.13. The highest BCUT2D eigenvalue weighted by Crippen LogP contribution is 2.25. The fourth-order valence-corrected chi connectivity index (χ4v) is 3.55. The third kappa shape index (κ3) is 2.97. The summed E-state index contributed by atoms with van der Waals surface area (Å²) in [6.45, 7) is 0. The predicted molar refractivity (Wildman–Crippen MR) is 75.7 cm³/mol. The molecular weight excluding hydrogens is 360 g/mol. The van der Waals surface area contributed by atoms with Crippen molar-refractivity contribution in [2.45, 2.75) is 0 Å². The van der Waals surface area contributed by atoms with E-state index in [1.54, 1.807) is 18.2 Å². The van der Waals surface area contributed by atoms with Crippen molar-refractivity contribution < 1.29 is 9.53 Å². The maximum atomic E-state index is 11.6. The van der Waals surface area contributed by atoms with E-state index in [4.69, 9.17) is 16.3 Å². The van der Waals surface area contributed by atoms with Crippen LogP contribution in [0.4, 0.5) is 5.69 Å². The minimum Gasteiger partial charge on any atom is -0.465 e. The van der Waals surface area contributed by atoms with Crippen LogP contribution in [0.5, 0.6) is 0 Å². The summed E-state index contributed by atoms with van der Waals surface area (Å²) < 4.78 is 10.0. The second kappa shape index (κ2) is 5.92. The molecule has 0 spiro atoms. The Hall–Kier alpha value is -0.760. The molecular formula is C10H6BrClN2O2S2. The van der Waals surface area contributed by atoms with E-state index in [1.165, 1.54) is 28.0 Å². The third-order valence-corrected chi connectivity index (χ3v) is 4.66. The van der Waals surface area contributed by atoms with Crippen molar-refractivity contribution >= 4 is 60.1 Å². The summed E-state index contributed by atoms with van der Waals surface area (Å²) in [5, 5.41) is 0.334. The van der Waals surface area contributed by atoms with Gasteiger partial charge in [0.2, 0.25) is 0 Å². The van der Waals surface area contributed by atoms with Gasteiger partial charge in [0.25, 0.3) is 0 Å². The summed E-state index contributed by atoms with van der Waals surface area (Å²) in [4.78, 5) is 16.0. The fraction of sp³-hybridized carbons (Fsp3) is 0.100. The summed E-state index contributed by atoms with van der Waals surface area (Å²) in [7, 11) is 3.92. The number of aromatic nitrogens is 1. The molecule has 1 aromatic heterocycles. The van der Waals surface area contributed by atoms with Crippen molar-refractivity contribution in [2.75, 3.05) is 7.11 Å². The number of hydrogen-bond acceptors (Lipinski definition) is 6. The Morgan fingerprint density at radius 1 is 1.56 bits per heavy atom. The zero-order valence-electron chi connectivity index (χ0n) is 9.02. The third-order valence-electron chi connectivity index (χ3n) is 2.00. The van der Waals surface area contributed by atoms with Gasteiger partial charge in [-0.05, 0) is 28.5 Å². The quantitative estimate of drug-likeness (QED) is 0.603. The Morgan fingerprint density at radius 3 is 2.94 bits per heavy atom. The normalized spacial score (nSPS) is 11.6. The summed E-state index contributed by atoms with van der Waals surface area (Å²) in [5.41, 5.74) is 0.879. The van der Waals surface area contributed by atoms with E-state index in [2.05, 4.69) is 25.3 Å². The Labute approximate surface area is 124 Å². The van der Waals surface area contributed by atoms with Crippen molar-refractivity contribution in [1.29, 1.82) is 0 Å². The zero-order chi connectivity index (χ0) is 13.1. The van der Waals surface area contributed by atoms with Gasteiger partial charge in [-0.2, -0.15) is 4.37 Å². The first-order valence-electron chi connectivity index (χ1n) is 4.66. The minimum absolute atomic E-state index is 0.334. The number of hydrogen-bond donors (Lipinski definition) is 0. The molecule has 0 unspecified atom stereocenters. The lowest BCUT2D eigenvalue weighted by molar-refractivity contribution is 0.0601. The lowest BCUT2D eigenvalue weighted by Crippen LogP contribution is -2.03. The van der Waals surface area contributed by atoms with E-state index < -0.39 is 5.97 Å². The second-order valence-corrected chi connectivity index (χ2v) is 6.22. The Bertz CT molecular complexity index is 653. The maximum Gasteiger partial charge on any atom is 0.340 e. The Kier molecular flexibility index (Phi) is 4.50. The molecule has 0 fully saturated rings. The highest BCUT2D eigenvalue weighted by atomic mass is 79.9. The molecule has 8 heteroatoms. The van der Waals surface area contributed by atoms with E-state index in [9.17, 15) is 4.79 Å². The summed E-state index contributed by atoms with van der Waals surface area (Å²) in [5.74, 6) is -0.439. The molecule has 4 nitrogen and oxygen atoms in total. The number of rotatable bonds is 2.